The lowest BCUT2D eigenvalue weighted by atomic mass is 9.92. The Morgan fingerprint density at radius 1 is 0.744 bits per heavy atom. The molecule has 1 unspecified atom stereocenters. The van der Waals surface area contributed by atoms with Crippen molar-refractivity contribution < 1.29 is 29.3 Å². The van der Waals surface area contributed by atoms with Gasteiger partial charge in [0.1, 0.15) is 12.4 Å². The Morgan fingerprint density at radius 3 is 2.09 bits per heavy atom. The standard InChI is InChI=1S/C36H35NO6/c38-34(39)13-7-4-8-26(24-27-15-22-31(23-16-27)36(41)42)14-19-29-9-5-6-12-33(29)43-25-28-17-20-30(21-18-28)35(40)37-32-10-2-1-3-11-32/h1-3,5-6,9-12,14-23,26H,4,7-8,13,24-25H2,(H,37,40)(H,38,39)(H,41,42). The third kappa shape index (κ3) is 10.0. The van der Waals surface area contributed by atoms with Crippen molar-refractivity contribution in [1.82, 2.24) is 0 Å². The third-order valence-electron chi connectivity index (χ3n) is 7.02. The summed E-state index contributed by atoms with van der Waals surface area (Å²) in [4.78, 5) is 34.7. The number of unbranched alkanes of at least 4 members (excludes halogenated alkanes) is 1. The largest absolute Gasteiger partial charge is 0.488 e. The highest BCUT2D eigenvalue weighted by Gasteiger charge is 2.11. The van der Waals surface area contributed by atoms with Crippen LogP contribution in [-0.2, 0) is 17.8 Å². The Kier molecular flexibility index (Phi) is 11.3. The molecule has 7 heteroatoms. The van der Waals surface area contributed by atoms with E-state index in [4.69, 9.17) is 9.84 Å². The normalized spacial score (nSPS) is 11.6. The molecule has 0 saturated carbocycles. The zero-order valence-corrected chi connectivity index (χ0v) is 23.8. The van der Waals surface area contributed by atoms with E-state index in [9.17, 15) is 19.5 Å². The van der Waals surface area contributed by atoms with Crippen LogP contribution in [0.3, 0.4) is 0 Å². The van der Waals surface area contributed by atoms with Crippen LogP contribution in [0.15, 0.2) is 109 Å². The number of allylic oxidation sites excluding steroid dienone is 1. The Hall–Kier alpha value is -5.17. The molecule has 0 bridgehead atoms. The molecular weight excluding hydrogens is 542 g/mol. The van der Waals surface area contributed by atoms with Crippen molar-refractivity contribution in [3.05, 3.63) is 137 Å². The van der Waals surface area contributed by atoms with Gasteiger partial charge in [-0.05, 0) is 78.8 Å². The van der Waals surface area contributed by atoms with Gasteiger partial charge in [0.05, 0.1) is 5.56 Å². The fraction of sp³-hybridized carbons (Fsp3) is 0.194. The van der Waals surface area contributed by atoms with Gasteiger partial charge in [0.25, 0.3) is 5.91 Å². The SMILES string of the molecule is O=C(O)CCCCC(C=Cc1ccccc1OCc1ccc(C(=O)Nc2ccccc2)cc1)Cc1ccc(C(=O)O)cc1. The topological polar surface area (TPSA) is 113 Å². The molecule has 0 heterocycles. The van der Waals surface area contributed by atoms with Crippen LogP contribution in [-0.4, -0.2) is 28.1 Å². The average molecular weight is 578 g/mol. The van der Waals surface area contributed by atoms with Crippen LogP contribution in [0.1, 0.15) is 63.1 Å². The fourth-order valence-corrected chi connectivity index (χ4v) is 4.66. The van der Waals surface area contributed by atoms with Crippen LogP contribution < -0.4 is 10.1 Å². The summed E-state index contributed by atoms with van der Waals surface area (Å²) in [7, 11) is 0. The molecule has 3 N–H and O–H groups in total. The van der Waals surface area contributed by atoms with Gasteiger partial charge in [-0.2, -0.15) is 0 Å². The van der Waals surface area contributed by atoms with Gasteiger partial charge in [0, 0.05) is 23.2 Å². The van der Waals surface area contributed by atoms with E-state index < -0.39 is 11.9 Å². The number of carboxylic acid groups (broad SMARTS) is 2. The van der Waals surface area contributed by atoms with Crippen LogP contribution >= 0.6 is 0 Å². The molecule has 0 radical (unpaired) electrons. The van der Waals surface area contributed by atoms with E-state index in [1.807, 2.05) is 84.9 Å². The van der Waals surface area contributed by atoms with Crippen LogP contribution in [0.25, 0.3) is 6.08 Å². The number of hydrogen-bond acceptors (Lipinski definition) is 4. The molecule has 0 aliphatic rings. The summed E-state index contributed by atoms with van der Waals surface area (Å²) >= 11 is 0. The maximum atomic E-state index is 12.5. The minimum Gasteiger partial charge on any atom is -0.488 e. The van der Waals surface area contributed by atoms with Gasteiger partial charge in [0.15, 0.2) is 0 Å². The van der Waals surface area contributed by atoms with E-state index in [2.05, 4.69) is 11.4 Å². The van der Waals surface area contributed by atoms with Gasteiger partial charge in [0.2, 0.25) is 0 Å². The first-order chi connectivity index (χ1) is 20.9. The smallest absolute Gasteiger partial charge is 0.335 e. The summed E-state index contributed by atoms with van der Waals surface area (Å²) in [6.07, 6.45) is 7.16. The summed E-state index contributed by atoms with van der Waals surface area (Å²) in [5.41, 5.74) is 4.40. The number of carbonyl (C=O) groups excluding carboxylic acids is 1. The van der Waals surface area contributed by atoms with E-state index in [0.29, 0.717) is 25.0 Å². The molecule has 1 amide bonds. The number of aromatic carboxylic acids is 1. The number of hydrogen-bond donors (Lipinski definition) is 3. The number of para-hydroxylation sites is 2. The van der Waals surface area contributed by atoms with E-state index in [0.717, 1.165) is 41.0 Å². The predicted molar refractivity (Wildman–Crippen MR) is 167 cm³/mol. The average Bonchev–Trinajstić information content (AvgIpc) is 3.02. The van der Waals surface area contributed by atoms with Crippen molar-refractivity contribution >= 4 is 29.6 Å². The Labute approximate surface area is 251 Å². The molecule has 4 rings (SSSR count). The fourth-order valence-electron chi connectivity index (χ4n) is 4.66. The van der Waals surface area contributed by atoms with Crippen LogP contribution in [0.2, 0.25) is 0 Å². The summed E-state index contributed by atoms with van der Waals surface area (Å²) in [6.45, 7) is 0.333. The first-order valence-corrected chi connectivity index (χ1v) is 14.3. The van der Waals surface area contributed by atoms with Gasteiger partial charge in [-0.1, -0.05) is 79.2 Å². The monoisotopic (exact) mass is 577 g/mol. The number of carbonyl (C=O) groups is 3. The zero-order valence-electron chi connectivity index (χ0n) is 23.8. The predicted octanol–water partition coefficient (Wildman–Crippen LogP) is 7.73. The molecule has 220 valence electrons. The second-order valence-corrected chi connectivity index (χ2v) is 10.3. The van der Waals surface area contributed by atoms with E-state index >= 15 is 0 Å². The molecule has 0 spiro atoms. The Bertz CT molecular complexity index is 1530. The Morgan fingerprint density at radius 2 is 1.40 bits per heavy atom. The Balaban J connectivity index is 1.39. The van der Waals surface area contributed by atoms with Crippen molar-refractivity contribution in [2.75, 3.05) is 5.32 Å². The van der Waals surface area contributed by atoms with Crippen LogP contribution in [0.5, 0.6) is 5.75 Å². The van der Waals surface area contributed by atoms with E-state index in [-0.39, 0.29) is 23.8 Å². The highest BCUT2D eigenvalue weighted by atomic mass is 16.5. The maximum Gasteiger partial charge on any atom is 0.335 e. The number of rotatable bonds is 15. The van der Waals surface area contributed by atoms with Crippen LogP contribution in [0.4, 0.5) is 5.69 Å². The number of amides is 1. The molecular formula is C36H35NO6. The van der Waals surface area contributed by atoms with Gasteiger partial charge in [-0.15, -0.1) is 0 Å². The number of ether oxygens (including phenoxy) is 1. The first kappa shape index (κ1) is 30.8. The van der Waals surface area contributed by atoms with Gasteiger partial charge >= 0.3 is 11.9 Å². The molecule has 1 atom stereocenters. The zero-order chi connectivity index (χ0) is 30.4. The minimum atomic E-state index is -0.960. The lowest BCUT2D eigenvalue weighted by Crippen LogP contribution is -2.11. The third-order valence-corrected chi connectivity index (χ3v) is 7.02. The number of carboxylic acids is 2. The van der Waals surface area contributed by atoms with Crippen LogP contribution in [0, 0.1) is 5.92 Å². The summed E-state index contributed by atoms with van der Waals surface area (Å²) < 4.78 is 6.16. The number of nitrogens with one attached hydrogen (secondary N) is 1. The van der Waals surface area contributed by atoms with Crippen molar-refractivity contribution in [1.29, 1.82) is 0 Å². The quantitative estimate of drug-likeness (QED) is 0.125. The highest BCUT2D eigenvalue weighted by molar-refractivity contribution is 6.04. The second-order valence-electron chi connectivity index (χ2n) is 10.3. The molecule has 43 heavy (non-hydrogen) atoms. The second kappa shape index (κ2) is 15.7. The summed E-state index contributed by atoms with van der Waals surface area (Å²) in [6, 6.07) is 31.2. The first-order valence-electron chi connectivity index (χ1n) is 14.3. The number of aliphatic carboxylic acids is 1. The minimum absolute atomic E-state index is 0.132. The van der Waals surface area contributed by atoms with E-state index in [1.54, 1.807) is 24.3 Å². The number of benzene rings is 4. The van der Waals surface area contributed by atoms with Crippen molar-refractivity contribution in [3.63, 3.8) is 0 Å². The molecule has 4 aromatic carbocycles. The lowest BCUT2D eigenvalue weighted by molar-refractivity contribution is -0.137. The molecule has 0 aliphatic heterocycles. The van der Waals surface area contributed by atoms with Gasteiger partial charge in [-0.3, -0.25) is 9.59 Å². The maximum absolute atomic E-state index is 12.5. The molecule has 4 aromatic rings. The molecule has 0 saturated heterocycles. The highest BCUT2D eigenvalue weighted by Crippen LogP contribution is 2.25. The van der Waals surface area contributed by atoms with E-state index in [1.165, 1.54) is 0 Å². The molecule has 0 fully saturated rings. The number of anilines is 1. The molecule has 0 aliphatic carbocycles. The van der Waals surface area contributed by atoms with Gasteiger partial charge < -0.3 is 20.3 Å². The molecule has 7 nitrogen and oxygen atoms in total. The lowest BCUT2D eigenvalue weighted by Gasteiger charge is -2.14. The summed E-state index contributed by atoms with van der Waals surface area (Å²) in [5, 5.41) is 21.1. The van der Waals surface area contributed by atoms with Gasteiger partial charge in [-0.25, -0.2) is 4.79 Å². The summed E-state index contributed by atoms with van der Waals surface area (Å²) in [5.74, 6) is -1.08. The van der Waals surface area contributed by atoms with Crippen molar-refractivity contribution in [2.24, 2.45) is 5.92 Å². The van der Waals surface area contributed by atoms with Crippen molar-refractivity contribution in [3.8, 4) is 5.75 Å². The van der Waals surface area contributed by atoms with Crippen molar-refractivity contribution in [2.45, 2.75) is 38.7 Å². The molecule has 0 aromatic heterocycles.